The Balaban J connectivity index is 2.32. The van der Waals surface area contributed by atoms with E-state index in [2.05, 4.69) is 16.9 Å². The molecule has 2 heteroatoms. The normalized spacial score (nSPS) is 8.50. The van der Waals surface area contributed by atoms with E-state index in [9.17, 15) is 0 Å². The average molecular weight is 134 g/mol. The van der Waals surface area contributed by atoms with Gasteiger partial charge in [0.25, 0.3) is 0 Å². The first-order valence-electron chi connectivity index (χ1n) is 3.30. The van der Waals surface area contributed by atoms with Gasteiger partial charge in [0.1, 0.15) is 0 Å². The molecule has 0 saturated carbocycles. The van der Waals surface area contributed by atoms with Crippen molar-refractivity contribution in [2.24, 2.45) is 0 Å². The van der Waals surface area contributed by atoms with Crippen LogP contribution < -0.4 is 0 Å². The fourth-order valence-corrected chi connectivity index (χ4v) is 0.728. The predicted molar refractivity (Wildman–Crippen MR) is 40.3 cm³/mol. The summed E-state index contributed by atoms with van der Waals surface area (Å²) in [5.74, 6) is 5.81. The molecule has 52 valence electrons. The monoisotopic (exact) mass is 134 g/mol. The van der Waals surface area contributed by atoms with Crippen LogP contribution in [0.3, 0.4) is 0 Å². The predicted octanol–water partition coefficient (Wildman–Crippen LogP) is 1.30. The second kappa shape index (κ2) is 3.73. The molecule has 0 saturated heterocycles. The van der Waals surface area contributed by atoms with Gasteiger partial charge in [-0.25, -0.2) is 0 Å². The van der Waals surface area contributed by atoms with Gasteiger partial charge in [-0.2, -0.15) is 5.10 Å². The lowest BCUT2D eigenvalue weighted by atomic mass is 10.4. The zero-order valence-electron chi connectivity index (χ0n) is 6.04. The van der Waals surface area contributed by atoms with Gasteiger partial charge in [0, 0.05) is 18.8 Å². The number of aromatic nitrogens is 2. The van der Waals surface area contributed by atoms with Gasteiger partial charge in [0.15, 0.2) is 0 Å². The Morgan fingerprint density at radius 1 is 1.60 bits per heavy atom. The fraction of sp³-hybridized carbons (Fsp3) is 0.375. The van der Waals surface area contributed by atoms with Crippen molar-refractivity contribution >= 4 is 0 Å². The van der Waals surface area contributed by atoms with Crippen LogP contribution in [0.1, 0.15) is 13.3 Å². The van der Waals surface area contributed by atoms with Crippen molar-refractivity contribution in [1.29, 1.82) is 0 Å². The molecule has 0 aromatic carbocycles. The molecule has 0 amide bonds. The molecule has 0 aliphatic heterocycles. The van der Waals surface area contributed by atoms with Gasteiger partial charge in [-0.15, -0.1) is 11.8 Å². The molecule has 1 aromatic heterocycles. The lowest BCUT2D eigenvalue weighted by molar-refractivity contribution is 0.630. The van der Waals surface area contributed by atoms with Crippen LogP contribution in [0.25, 0.3) is 0 Å². The summed E-state index contributed by atoms with van der Waals surface area (Å²) in [5, 5.41) is 4.04. The summed E-state index contributed by atoms with van der Waals surface area (Å²) in [4.78, 5) is 0. The molecule has 0 spiro atoms. The maximum Gasteiger partial charge on any atom is 0.0518 e. The Kier molecular flexibility index (Phi) is 2.57. The summed E-state index contributed by atoms with van der Waals surface area (Å²) in [6, 6.07) is 1.92. The van der Waals surface area contributed by atoms with E-state index >= 15 is 0 Å². The summed E-state index contributed by atoms with van der Waals surface area (Å²) in [6.45, 7) is 2.75. The molecule has 0 fully saturated rings. The van der Waals surface area contributed by atoms with Gasteiger partial charge in [-0.1, -0.05) is 0 Å². The topological polar surface area (TPSA) is 17.8 Å². The number of aryl methyl sites for hydroxylation is 1. The second-order valence-electron chi connectivity index (χ2n) is 1.95. The van der Waals surface area contributed by atoms with Gasteiger partial charge in [0.05, 0.1) is 6.54 Å². The van der Waals surface area contributed by atoms with E-state index < -0.39 is 0 Å². The van der Waals surface area contributed by atoms with E-state index in [-0.39, 0.29) is 0 Å². The van der Waals surface area contributed by atoms with E-state index in [0.717, 1.165) is 13.0 Å². The van der Waals surface area contributed by atoms with E-state index in [4.69, 9.17) is 0 Å². The highest BCUT2D eigenvalue weighted by atomic mass is 15.3. The van der Waals surface area contributed by atoms with E-state index in [1.807, 2.05) is 23.9 Å². The smallest absolute Gasteiger partial charge is 0.0518 e. The largest absolute Gasteiger partial charge is 0.272 e. The maximum absolute atomic E-state index is 4.04. The molecule has 1 heterocycles. The summed E-state index contributed by atoms with van der Waals surface area (Å²) in [7, 11) is 0. The van der Waals surface area contributed by atoms with Crippen molar-refractivity contribution in [1.82, 2.24) is 9.78 Å². The van der Waals surface area contributed by atoms with Crippen molar-refractivity contribution < 1.29 is 0 Å². The van der Waals surface area contributed by atoms with Crippen LogP contribution in [-0.2, 0) is 6.54 Å². The molecular formula is C8H10N2. The first kappa shape index (κ1) is 6.88. The van der Waals surface area contributed by atoms with Gasteiger partial charge < -0.3 is 0 Å². The minimum Gasteiger partial charge on any atom is -0.272 e. The van der Waals surface area contributed by atoms with Crippen molar-refractivity contribution in [2.75, 3.05) is 0 Å². The Hall–Kier alpha value is -1.23. The van der Waals surface area contributed by atoms with Gasteiger partial charge in [-0.3, -0.25) is 4.68 Å². The van der Waals surface area contributed by atoms with Crippen LogP contribution in [0.5, 0.6) is 0 Å². The lowest BCUT2D eigenvalue weighted by Crippen LogP contribution is -1.96. The minimum atomic E-state index is 0.887. The molecule has 2 nitrogen and oxygen atoms in total. The number of hydrogen-bond acceptors (Lipinski definition) is 1. The Morgan fingerprint density at radius 2 is 2.50 bits per heavy atom. The Bertz CT molecular complexity index is 226. The Labute approximate surface area is 60.9 Å². The summed E-state index contributed by atoms with van der Waals surface area (Å²) in [5.41, 5.74) is 0. The quantitative estimate of drug-likeness (QED) is 0.557. The van der Waals surface area contributed by atoms with Gasteiger partial charge in [0.2, 0.25) is 0 Å². The third-order valence-electron chi connectivity index (χ3n) is 1.20. The highest BCUT2D eigenvalue weighted by Crippen LogP contribution is 1.86. The van der Waals surface area contributed by atoms with E-state index in [1.165, 1.54) is 0 Å². The summed E-state index contributed by atoms with van der Waals surface area (Å²) in [6.07, 6.45) is 4.61. The standard InChI is InChI=1S/C8H10N2/c1-2-3-4-7-10-8-5-6-9-10/h5-6,8H,4,7H2,1H3. The molecule has 1 rings (SSSR count). The first-order valence-corrected chi connectivity index (χ1v) is 3.30. The van der Waals surface area contributed by atoms with E-state index in [0.29, 0.717) is 0 Å². The summed E-state index contributed by atoms with van der Waals surface area (Å²) < 4.78 is 1.88. The molecule has 1 aromatic rings. The first-order chi connectivity index (χ1) is 4.93. The van der Waals surface area contributed by atoms with Crippen LogP contribution in [0.2, 0.25) is 0 Å². The number of hydrogen-bond donors (Lipinski definition) is 0. The third-order valence-corrected chi connectivity index (χ3v) is 1.20. The molecular weight excluding hydrogens is 124 g/mol. The third kappa shape index (κ3) is 1.94. The van der Waals surface area contributed by atoms with Gasteiger partial charge >= 0.3 is 0 Å². The van der Waals surface area contributed by atoms with Crippen LogP contribution >= 0.6 is 0 Å². The highest BCUT2D eigenvalue weighted by molar-refractivity contribution is 4.94. The minimum absolute atomic E-state index is 0.887. The average Bonchev–Trinajstić information content (AvgIpc) is 2.41. The van der Waals surface area contributed by atoms with E-state index in [1.54, 1.807) is 6.20 Å². The van der Waals surface area contributed by atoms with Crippen molar-refractivity contribution in [3.05, 3.63) is 18.5 Å². The molecule has 0 aliphatic carbocycles. The molecule has 0 atom stereocenters. The molecule has 10 heavy (non-hydrogen) atoms. The Morgan fingerprint density at radius 3 is 3.10 bits per heavy atom. The second-order valence-corrected chi connectivity index (χ2v) is 1.95. The number of rotatable bonds is 2. The lowest BCUT2D eigenvalue weighted by Gasteiger charge is -1.93. The zero-order valence-corrected chi connectivity index (χ0v) is 6.04. The fourth-order valence-electron chi connectivity index (χ4n) is 0.728. The molecule has 0 unspecified atom stereocenters. The van der Waals surface area contributed by atoms with Crippen LogP contribution in [0.4, 0.5) is 0 Å². The molecule has 0 bridgehead atoms. The summed E-state index contributed by atoms with van der Waals surface area (Å²) >= 11 is 0. The molecule has 0 aliphatic rings. The molecule has 0 radical (unpaired) electrons. The van der Waals surface area contributed by atoms with Crippen molar-refractivity contribution in [3.63, 3.8) is 0 Å². The maximum atomic E-state index is 4.04. The van der Waals surface area contributed by atoms with Crippen molar-refractivity contribution in [3.8, 4) is 11.8 Å². The SMILES string of the molecule is CC#CCCn1cccn1. The van der Waals surface area contributed by atoms with Crippen LogP contribution in [0, 0.1) is 11.8 Å². The zero-order chi connectivity index (χ0) is 7.23. The number of nitrogens with zero attached hydrogens (tertiary/aromatic N) is 2. The van der Waals surface area contributed by atoms with Crippen LogP contribution in [0.15, 0.2) is 18.5 Å². The highest BCUT2D eigenvalue weighted by Gasteiger charge is 1.84. The molecule has 0 N–H and O–H groups in total. The van der Waals surface area contributed by atoms with Gasteiger partial charge in [-0.05, 0) is 13.0 Å². The van der Waals surface area contributed by atoms with Crippen LogP contribution in [-0.4, -0.2) is 9.78 Å². The van der Waals surface area contributed by atoms with Crippen molar-refractivity contribution in [2.45, 2.75) is 19.9 Å².